The Labute approximate surface area is 124 Å². The average Bonchev–Trinajstić information content (AvgIpc) is 3.04. The fraction of sp³-hybridized carbons (Fsp3) is 0.562. The standard InChI is InChI=1S/C16H21FN2O2/c17-14-5-2-1-4-13(14)12-18-7-9-19(10-8-18)16(20)15-6-3-11-21-15/h1-2,4-5,15H,3,6-12H2/p+1/t15-/m0/s1. The molecule has 1 N–H and O–H groups in total. The Balaban J connectivity index is 1.51. The molecular formula is C16H22FN2O2+. The number of carbonyl (C=O) groups excluding carboxylic acids is 1. The highest BCUT2D eigenvalue weighted by molar-refractivity contribution is 5.81. The molecule has 1 aromatic rings. The second-order valence-electron chi connectivity index (χ2n) is 5.85. The van der Waals surface area contributed by atoms with E-state index < -0.39 is 0 Å². The maximum Gasteiger partial charge on any atom is 0.252 e. The number of ether oxygens (including phenoxy) is 1. The molecule has 0 saturated carbocycles. The summed E-state index contributed by atoms with van der Waals surface area (Å²) < 4.78 is 19.1. The van der Waals surface area contributed by atoms with E-state index in [4.69, 9.17) is 4.74 Å². The van der Waals surface area contributed by atoms with Crippen LogP contribution < -0.4 is 4.90 Å². The number of quaternary nitrogens is 1. The van der Waals surface area contributed by atoms with Gasteiger partial charge >= 0.3 is 0 Å². The van der Waals surface area contributed by atoms with Crippen LogP contribution in [0.3, 0.4) is 0 Å². The van der Waals surface area contributed by atoms with E-state index in [1.165, 1.54) is 11.0 Å². The zero-order valence-corrected chi connectivity index (χ0v) is 12.2. The summed E-state index contributed by atoms with van der Waals surface area (Å²) in [6, 6.07) is 6.93. The number of hydrogen-bond donors (Lipinski definition) is 1. The summed E-state index contributed by atoms with van der Waals surface area (Å²) in [5.41, 5.74) is 0.756. The number of carbonyl (C=O) groups is 1. The van der Waals surface area contributed by atoms with Crippen LogP contribution in [-0.2, 0) is 16.1 Å². The summed E-state index contributed by atoms with van der Waals surface area (Å²) in [7, 11) is 0. The number of nitrogens with zero attached hydrogens (tertiary/aromatic N) is 1. The van der Waals surface area contributed by atoms with Crippen LogP contribution in [0.25, 0.3) is 0 Å². The largest absolute Gasteiger partial charge is 0.368 e. The van der Waals surface area contributed by atoms with Crippen molar-refractivity contribution in [1.29, 1.82) is 0 Å². The molecule has 2 fully saturated rings. The third kappa shape index (κ3) is 3.41. The molecule has 0 spiro atoms. The van der Waals surface area contributed by atoms with E-state index in [0.29, 0.717) is 13.2 Å². The molecule has 0 bridgehead atoms. The van der Waals surface area contributed by atoms with Gasteiger partial charge in [-0.05, 0) is 18.9 Å². The molecule has 4 nitrogen and oxygen atoms in total. The number of benzene rings is 1. The van der Waals surface area contributed by atoms with Gasteiger partial charge in [-0.25, -0.2) is 4.39 Å². The predicted molar refractivity (Wildman–Crippen MR) is 76.4 cm³/mol. The Kier molecular flexibility index (Phi) is 4.51. The molecule has 0 aromatic heterocycles. The minimum atomic E-state index is -0.224. The van der Waals surface area contributed by atoms with Crippen molar-refractivity contribution < 1.29 is 18.8 Å². The van der Waals surface area contributed by atoms with Gasteiger partial charge in [0.25, 0.3) is 5.91 Å². The van der Waals surface area contributed by atoms with E-state index in [-0.39, 0.29) is 17.8 Å². The average molecular weight is 293 g/mol. The maximum absolute atomic E-state index is 13.7. The summed E-state index contributed by atoms with van der Waals surface area (Å²) >= 11 is 0. The van der Waals surface area contributed by atoms with Crippen molar-refractivity contribution in [2.75, 3.05) is 32.8 Å². The Morgan fingerprint density at radius 1 is 1.33 bits per heavy atom. The summed E-state index contributed by atoms with van der Waals surface area (Å²) in [5, 5.41) is 0. The van der Waals surface area contributed by atoms with Crippen LogP contribution in [0.1, 0.15) is 18.4 Å². The normalized spacial score (nSPS) is 23.5. The lowest BCUT2D eigenvalue weighted by atomic mass is 10.1. The molecule has 3 rings (SSSR count). The lowest BCUT2D eigenvalue weighted by Gasteiger charge is -2.33. The summed E-state index contributed by atoms with van der Waals surface area (Å²) in [6.45, 7) is 4.61. The molecule has 114 valence electrons. The minimum Gasteiger partial charge on any atom is -0.368 e. The zero-order valence-electron chi connectivity index (χ0n) is 12.2. The first-order valence-electron chi connectivity index (χ1n) is 7.71. The first-order valence-corrected chi connectivity index (χ1v) is 7.71. The third-order valence-electron chi connectivity index (χ3n) is 4.39. The van der Waals surface area contributed by atoms with Gasteiger partial charge in [-0.15, -0.1) is 0 Å². The Bertz CT molecular complexity index is 495. The Hall–Kier alpha value is -1.46. The number of hydrogen-bond acceptors (Lipinski definition) is 2. The first kappa shape index (κ1) is 14.5. The van der Waals surface area contributed by atoms with Gasteiger partial charge in [0, 0.05) is 12.2 Å². The molecule has 0 aliphatic carbocycles. The molecule has 2 aliphatic rings. The number of piperazine rings is 1. The van der Waals surface area contributed by atoms with E-state index in [1.54, 1.807) is 6.07 Å². The van der Waals surface area contributed by atoms with Crippen LogP contribution in [0.2, 0.25) is 0 Å². The lowest BCUT2D eigenvalue weighted by Crippen LogP contribution is -3.13. The van der Waals surface area contributed by atoms with Crippen molar-refractivity contribution in [2.24, 2.45) is 0 Å². The van der Waals surface area contributed by atoms with E-state index in [1.807, 2.05) is 17.0 Å². The van der Waals surface area contributed by atoms with Crippen molar-refractivity contribution in [1.82, 2.24) is 4.90 Å². The van der Waals surface area contributed by atoms with E-state index >= 15 is 0 Å². The smallest absolute Gasteiger partial charge is 0.252 e. The molecule has 1 aromatic carbocycles. The molecule has 2 saturated heterocycles. The summed E-state index contributed by atoms with van der Waals surface area (Å²) in [6.07, 6.45) is 1.61. The van der Waals surface area contributed by atoms with Crippen LogP contribution >= 0.6 is 0 Å². The van der Waals surface area contributed by atoms with E-state index in [0.717, 1.165) is 44.6 Å². The third-order valence-corrected chi connectivity index (χ3v) is 4.39. The molecule has 5 heteroatoms. The monoisotopic (exact) mass is 293 g/mol. The molecule has 2 heterocycles. The maximum atomic E-state index is 13.7. The van der Waals surface area contributed by atoms with Gasteiger partial charge in [0.05, 0.1) is 26.2 Å². The number of halogens is 1. The zero-order chi connectivity index (χ0) is 14.7. The Morgan fingerprint density at radius 2 is 2.10 bits per heavy atom. The van der Waals surface area contributed by atoms with Crippen molar-refractivity contribution in [3.63, 3.8) is 0 Å². The molecule has 1 amide bonds. The van der Waals surface area contributed by atoms with Gasteiger partial charge < -0.3 is 14.5 Å². The van der Waals surface area contributed by atoms with E-state index in [2.05, 4.69) is 0 Å². The molecular weight excluding hydrogens is 271 g/mol. The summed E-state index contributed by atoms with van der Waals surface area (Å²) in [5.74, 6) is 0.000281. The topological polar surface area (TPSA) is 34.0 Å². The second-order valence-corrected chi connectivity index (χ2v) is 5.85. The highest BCUT2D eigenvalue weighted by Crippen LogP contribution is 2.14. The highest BCUT2D eigenvalue weighted by atomic mass is 19.1. The van der Waals surface area contributed by atoms with Crippen LogP contribution in [0.4, 0.5) is 4.39 Å². The number of rotatable bonds is 3. The number of nitrogens with one attached hydrogen (secondary N) is 1. The lowest BCUT2D eigenvalue weighted by molar-refractivity contribution is -0.917. The fourth-order valence-corrected chi connectivity index (χ4v) is 3.11. The van der Waals surface area contributed by atoms with Gasteiger partial charge in [-0.2, -0.15) is 0 Å². The van der Waals surface area contributed by atoms with Gasteiger partial charge in [-0.1, -0.05) is 18.2 Å². The van der Waals surface area contributed by atoms with Crippen molar-refractivity contribution >= 4 is 5.91 Å². The SMILES string of the molecule is O=C([C@@H]1CCCO1)N1CC[NH+](Cc2ccccc2F)CC1. The molecule has 1 atom stereocenters. The van der Waals surface area contributed by atoms with Gasteiger partial charge in [-0.3, -0.25) is 4.79 Å². The molecule has 0 radical (unpaired) electrons. The van der Waals surface area contributed by atoms with Gasteiger partial charge in [0.15, 0.2) is 0 Å². The van der Waals surface area contributed by atoms with Crippen molar-refractivity contribution in [3.8, 4) is 0 Å². The Morgan fingerprint density at radius 3 is 2.76 bits per heavy atom. The van der Waals surface area contributed by atoms with Crippen LogP contribution in [-0.4, -0.2) is 49.7 Å². The molecule has 0 unspecified atom stereocenters. The molecule has 2 aliphatic heterocycles. The van der Waals surface area contributed by atoms with Crippen LogP contribution in [0.15, 0.2) is 24.3 Å². The van der Waals surface area contributed by atoms with Gasteiger partial charge in [0.1, 0.15) is 18.5 Å². The first-order chi connectivity index (χ1) is 10.2. The molecule has 21 heavy (non-hydrogen) atoms. The second kappa shape index (κ2) is 6.54. The fourth-order valence-electron chi connectivity index (χ4n) is 3.11. The van der Waals surface area contributed by atoms with Crippen LogP contribution in [0.5, 0.6) is 0 Å². The van der Waals surface area contributed by atoms with Crippen molar-refractivity contribution in [3.05, 3.63) is 35.6 Å². The van der Waals surface area contributed by atoms with Crippen LogP contribution in [0, 0.1) is 5.82 Å². The highest BCUT2D eigenvalue weighted by Gasteiger charge is 2.31. The quantitative estimate of drug-likeness (QED) is 0.866. The minimum absolute atomic E-state index is 0.136. The van der Waals surface area contributed by atoms with Crippen molar-refractivity contribution in [2.45, 2.75) is 25.5 Å². The predicted octanol–water partition coefficient (Wildman–Crippen LogP) is 0.232. The van der Waals surface area contributed by atoms with Gasteiger partial charge in [0.2, 0.25) is 0 Å². The van der Waals surface area contributed by atoms with E-state index in [9.17, 15) is 9.18 Å². The summed E-state index contributed by atoms with van der Waals surface area (Å²) in [4.78, 5) is 15.5. The number of amides is 1.